The van der Waals surface area contributed by atoms with E-state index in [4.69, 9.17) is 0 Å². The summed E-state index contributed by atoms with van der Waals surface area (Å²) in [6.07, 6.45) is 0. The maximum absolute atomic E-state index is 12.2. The Morgan fingerprint density at radius 3 is 2.82 bits per heavy atom. The number of rotatable bonds is 2. The molecule has 1 aliphatic rings. The third-order valence-corrected chi connectivity index (χ3v) is 4.00. The Kier molecular flexibility index (Phi) is 3.74. The first kappa shape index (κ1) is 12.5. The lowest BCUT2D eigenvalue weighted by Crippen LogP contribution is -2.43. The second-order valence-corrected chi connectivity index (χ2v) is 5.49. The summed E-state index contributed by atoms with van der Waals surface area (Å²) < 4.78 is 0. The van der Waals surface area contributed by atoms with Crippen LogP contribution in [0.2, 0.25) is 0 Å². The summed E-state index contributed by atoms with van der Waals surface area (Å²) in [5.74, 6) is 1.90. The van der Waals surface area contributed by atoms with E-state index in [0.29, 0.717) is 0 Å². The molecule has 1 unspecified atom stereocenters. The lowest BCUT2D eigenvalue weighted by atomic mass is 10.1. The van der Waals surface area contributed by atoms with Crippen LogP contribution in [0.15, 0.2) is 18.2 Å². The van der Waals surface area contributed by atoms with Crippen LogP contribution in [0.25, 0.3) is 0 Å². The van der Waals surface area contributed by atoms with Crippen molar-refractivity contribution in [1.82, 2.24) is 5.32 Å². The molecule has 2 rings (SSSR count). The third-order valence-electron chi connectivity index (χ3n) is 3.06. The van der Waals surface area contributed by atoms with Crippen LogP contribution in [0.1, 0.15) is 11.1 Å². The van der Waals surface area contributed by atoms with Gasteiger partial charge in [0.2, 0.25) is 5.91 Å². The smallest absolute Gasteiger partial charge is 0.244 e. The van der Waals surface area contributed by atoms with Gasteiger partial charge in [-0.25, -0.2) is 0 Å². The van der Waals surface area contributed by atoms with Crippen molar-refractivity contribution in [3.8, 4) is 0 Å². The Balaban J connectivity index is 2.18. The molecule has 0 bridgehead atoms. The minimum absolute atomic E-state index is 0.0364. The summed E-state index contributed by atoms with van der Waals surface area (Å²) in [7, 11) is 1.85. The van der Waals surface area contributed by atoms with E-state index in [1.54, 1.807) is 16.7 Å². The number of nitrogens with one attached hydrogen (secondary N) is 1. The minimum Gasteiger partial charge on any atom is -0.314 e. The van der Waals surface area contributed by atoms with Crippen molar-refractivity contribution in [3.05, 3.63) is 29.3 Å². The molecule has 1 N–H and O–H groups in total. The van der Waals surface area contributed by atoms with Gasteiger partial charge in [0.1, 0.15) is 0 Å². The van der Waals surface area contributed by atoms with Gasteiger partial charge in [-0.3, -0.25) is 10.1 Å². The van der Waals surface area contributed by atoms with Gasteiger partial charge in [-0.15, -0.1) is 11.8 Å². The van der Waals surface area contributed by atoms with Gasteiger partial charge < -0.3 is 4.90 Å². The Bertz CT molecular complexity index is 427. The van der Waals surface area contributed by atoms with Crippen LogP contribution in [0.4, 0.5) is 5.69 Å². The number of aryl methyl sites for hydroxylation is 2. The summed E-state index contributed by atoms with van der Waals surface area (Å²) in [6.45, 7) is 4.11. The zero-order chi connectivity index (χ0) is 12.4. The molecular weight excluding hydrogens is 232 g/mol. The summed E-state index contributed by atoms with van der Waals surface area (Å²) in [6, 6.07) is 6.13. The highest BCUT2D eigenvalue weighted by molar-refractivity contribution is 7.99. The number of hydrogen-bond acceptors (Lipinski definition) is 3. The molecule has 0 saturated carbocycles. The highest BCUT2D eigenvalue weighted by atomic mass is 32.2. The molecule has 1 amide bonds. The number of amides is 1. The molecule has 92 valence electrons. The van der Waals surface area contributed by atoms with Crippen molar-refractivity contribution in [2.75, 3.05) is 23.6 Å². The maximum atomic E-state index is 12.2. The standard InChI is InChI=1S/C13H18N2OS/c1-9-4-5-12(10(2)6-9)15(3)13(16)11-7-17-8-14-11/h4-6,11,14H,7-8H2,1-3H3. The van der Waals surface area contributed by atoms with Crippen LogP contribution in [-0.2, 0) is 4.79 Å². The second kappa shape index (κ2) is 5.10. The zero-order valence-electron chi connectivity index (χ0n) is 10.5. The lowest BCUT2D eigenvalue weighted by molar-refractivity contribution is -0.119. The predicted molar refractivity (Wildman–Crippen MR) is 73.6 cm³/mol. The highest BCUT2D eigenvalue weighted by Gasteiger charge is 2.26. The normalized spacial score (nSPS) is 19.4. The minimum atomic E-state index is -0.0364. The average Bonchev–Trinajstić information content (AvgIpc) is 2.80. The highest BCUT2D eigenvalue weighted by Crippen LogP contribution is 2.22. The van der Waals surface area contributed by atoms with Crippen molar-refractivity contribution in [3.63, 3.8) is 0 Å². The molecule has 1 aromatic carbocycles. The number of carbonyl (C=O) groups is 1. The van der Waals surface area contributed by atoms with Gasteiger partial charge in [0, 0.05) is 24.4 Å². The Morgan fingerprint density at radius 1 is 1.47 bits per heavy atom. The van der Waals surface area contributed by atoms with E-state index in [2.05, 4.69) is 18.3 Å². The summed E-state index contributed by atoms with van der Waals surface area (Å²) in [5.41, 5.74) is 3.37. The third kappa shape index (κ3) is 2.64. The van der Waals surface area contributed by atoms with Crippen molar-refractivity contribution in [1.29, 1.82) is 0 Å². The van der Waals surface area contributed by atoms with E-state index in [1.165, 1.54) is 5.56 Å². The quantitative estimate of drug-likeness (QED) is 0.870. The van der Waals surface area contributed by atoms with Crippen molar-refractivity contribution in [2.45, 2.75) is 19.9 Å². The van der Waals surface area contributed by atoms with E-state index < -0.39 is 0 Å². The molecule has 3 nitrogen and oxygen atoms in total. The number of likely N-dealkylation sites (N-methyl/N-ethyl adjacent to an activating group) is 1. The van der Waals surface area contributed by atoms with Crippen molar-refractivity contribution >= 4 is 23.4 Å². The monoisotopic (exact) mass is 250 g/mol. The van der Waals surface area contributed by atoms with E-state index in [9.17, 15) is 4.79 Å². The fraction of sp³-hybridized carbons (Fsp3) is 0.462. The summed E-state index contributed by atoms with van der Waals surface area (Å²) in [4.78, 5) is 14.0. The van der Waals surface area contributed by atoms with Gasteiger partial charge >= 0.3 is 0 Å². The zero-order valence-corrected chi connectivity index (χ0v) is 11.3. The maximum Gasteiger partial charge on any atom is 0.244 e. The molecule has 0 aromatic heterocycles. The molecular formula is C13H18N2OS. The SMILES string of the molecule is Cc1ccc(N(C)C(=O)C2CSCN2)c(C)c1. The molecule has 0 radical (unpaired) electrons. The van der Waals surface area contributed by atoms with Crippen LogP contribution < -0.4 is 10.2 Å². The van der Waals surface area contributed by atoms with Crippen LogP contribution in [0.5, 0.6) is 0 Å². The van der Waals surface area contributed by atoms with Crippen LogP contribution in [-0.4, -0.2) is 30.6 Å². The Morgan fingerprint density at radius 2 is 2.24 bits per heavy atom. The first-order valence-electron chi connectivity index (χ1n) is 5.75. The second-order valence-electron chi connectivity index (χ2n) is 4.46. The molecule has 1 aliphatic heterocycles. The number of nitrogens with zero attached hydrogens (tertiary/aromatic N) is 1. The van der Waals surface area contributed by atoms with E-state index >= 15 is 0 Å². The fourth-order valence-electron chi connectivity index (χ4n) is 2.09. The lowest BCUT2D eigenvalue weighted by Gasteiger charge is -2.22. The van der Waals surface area contributed by atoms with Gasteiger partial charge in [-0.2, -0.15) is 0 Å². The number of anilines is 1. The number of thioether (sulfide) groups is 1. The van der Waals surface area contributed by atoms with Gasteiger partial charge in [0.05, 0.1) is 6.04 Å². The molecule has 1 heterocycles. The van der Waals surface area contributed by atoms with Crippen molar-refractivity contribution < 1.29 is 4.79 Å². The van der Waals surface area contributed by atoms with Crippen LogP contribution in [0.3, 0.4) is 0 Å². The van der Waals surface area contributed by atoms with E-state index in [-0.39, 0.29) is 11.9 Å². The van der Waals surface area contributed by atoms with Gasteiger partial charge in [0.25, 0.3) is 0 Å². The Labute approximate surface area is 107 Å². The summed E-state index contributed by atoms with van der Waals surface area (Å²) >= 11 is 1.77. The first-order valence-corrected chi connectivity index (χ1v) is 6.91. The van der Waals surface area contributed by atoms with Gasteiger partial charge in [-0.1, -0.05) is 17.7 Å². The average molecular weight is 250 g/mol. The summed E-state index contributed by atoms with van der Waals surface area (Å²) in [5, 5.41) is 3.21. The van der Waals surface area contributed by atoms with E-state index in [0.717, 1.165) is 22.9 Å². The molecule has 1 aromatic rings. The van der Waals surface area contributed by atoms with Crippen molar-refractivity contribution in [2.24, 2.45) is 0 Å². The number of carbonyl (C=O) groups excluding carboxylic acids is 1. The molecule has 4 heteroatoms. The van der Waals surface area contributed by atoms with E-state index in [1.807, 2.05) is 26.1 Å². The molecule has 1 fully saturated rings. The number of hydrogen-bond donors (Lipinski definition) is 1. The molecule has 1 atom stereocenters. The first-order chi connectivity index (χ1) is 8.09. The largest absolute Gasteiger partial charge is 0.314 e. The molecule has 0 aliphatic carbocycles. The Hall–Kier alpha value is -1.00. The molecule has 1 saturated heterocycles. The van der Waals surface area contributed by atoms with Gasteiger partial charge in [-0.05, 0) is 25.5 Å². The molecule has 0 spiro atoms. The number of benzene rings is 1. The predicted octanol–water partition coefficient (Wildman–Crippen LogP) is 1.93. The molecule has 17 heavy (non-hydrogen) atoms. The fourth-order valence-corrected chi connectivity index (χ4v) is 3.02. The van der Waals surface area contributed by atoms with Gasteiger partial charge in [0.15, 0.2) is 0 Å². The topological polar surface area (TPSA) is 32.3 Å². The van der Waals surface area contributed by atoms with Crippen LogP contribution in [0, 0.1) is 13.8 Å². The van der Waals surface area contributed by atoms with Crippen LogP contribution >= 0.6 is 11.8 Å².